The first-order valence-electron chi connectivity index (χ1n) is 7.46. The zero-order valence-corrected chi connectivity index (χ0v) is 15.0. The molecule has 0 aliphatic heterocycles. The van der Waals surface area contributed by atoms with E-state index in [1.54, 1.807) is 26.0 Å². The molecule has 0 N–H and O–H groups in total. The highest BCUT2D eigenvalue weighted by atomic mass is 79.9. The molecule has 0 fully saturated rings. The molecule has 0 spiro atoms. The Labute approximate surface area is 148 Å². The van der Waals surface area contributed by atoms with Gasteiger partial charge in [0.15, 0.2) is 0 Å². The van der Waals surface area contributed by atoms with Crippen LogP contribution in [0.4, 0.5) is 0 Å². The molecule has 0 aliphatic carbocycles. The summed E-state index contributed by atoms with van der Waals surface area (Å²) < 4.78 is 16.4. The van der Waals surface area contributed by atoms with Gasteiger partial charge in [0, 0.05) is 16.1 Å². The Morgan fingerprint density at radius 3 is 2.12 bits per heavy atom. The van der Waals surface area contributed by atoms with Gasteiger partial charge in [0.05, 0.1) is 13.2 Å². The van der Waals surface area contributed by atoms with Crippen molar-refractivity contribution in [1.82, 2.24) is 0 Å². The summed E-state index contributed by atoms with van der Waals surface area (Å²) in [5.41, 5.74) is 0.682. The quantitative estimate of drug-likeness (QED) is 0.318. The van der Waals surface area contributed by atoms with E-state index < -0.39 is 11.9 Å². The molecule has 0 atom stereocenters. The van der Waals surface area contributed by atoms with Gasteiger partial charge in [-0.3, -0.25) is 0 Å². The van der Waals surface area contributed by atoms with Crippen molar-refractivity contribution >= 4 is 33.9 Å². The fraction of sp³-hybridized carbons (Fsp3) is 0.222. The van der Waals surface area contributed by atoms with Crippen molar-refractivity contribution in [3.05, 3.63) is 52.2 Å². The second-order valence-corrected chi connectivity index (χ2v) is 5.62. The lowest BCUT2D eigenvalue weighted by Gasteiger charge is -2.05. The van der Waals surface area contributed by atoms with E-state index in [0.29, 0.717) is 11.5 Å². The molecule has 0 radical (unpaired) electrons. The van der Waals surface area contributed by atoms with Crippen LogP contribution in [0.2, 0.25) is 0 Å². The van der Waals surface area contributed by atoms with Gasteiger partial charge in [0.25, 0.3) is 0 Å². The normalized spacial score (nSPS) is 10.1. The molecule has 0 amide bonds. The molecule has 1 aromatic heterocycles. The van der Waals surface area contributed by atoms with Crippen LogP contribution in [-0.2, 0) is 19.1 Å². The standard InChI is InChI=1S/C18H17BrO5/c1-3-22-17(20)15(18(21)23-4-2)11-14-9-10-16(24-14)12-5-7-13(19)8-6-12/h5-11H,3-4H2,1-2H3. The Morgan fingerprint density at radius 2 is 1.58 bits per heavy atom. The number of rotatable bonds is 6. The minimum atomic E-state index is -0.738. The van der Waals surface area contributed by atoms with Gasteiger partial charge in [-0.1, -0.05) is 28.1 Å². The van der Waals surface area contributed by atoms with Crippen LogP contribution in [0.15, 0.2) is 50.9 Å². The molecule has 0 saturated heterocycles. The average Bonchev–Trinajstić information content (AvgIpc) is 3.02. The van der Waals surface area contributed by atoms with Crippen LogP contribution in [0.5, 0.6) is 0 Å². The minimum Gasteiger partial charge on any atom is -0.462 e. The summed E-state index contributed by atoms with van der Waals surface area (Å²) in [5.74, 6) is -0.486. The van der Waals surface area contributed by atoms with Gasteiger partial charge >= 0.3 is 11.9 Å². The van der Waals surface area contributed by atoms with Crippen molar-refractivity contribution < 1.29 is 23.5 Å². The van der Waals surface area contributed by atoms with E-state index in [-0.39, 0.29) is 18.8 Å². The highest BCUT2D eigenvalue weighted by Crippen LogP contribution is 2.25. The van der Waals surface area contributed by atoms with Crippen LogP contribution in [0, 0.1) is 0 Å². The van der Waals surface area contributed by atoms with Gasteiger partial charge in [0.1, 0.15) is 17.1 Å². The molecule has 0 bridgehead atoms. The smallest absolute Gasteiger partial charge is 0.345 e. The largest absolute Gasteiger partial charge is 0.462 e. The maximum absolute atomic E-state index is 11.9. The molecule has 5 nitrogen and oxygen atoms in total. The predicted molar refractivity (Wildman–Crippen MR) is 93.1 cm³/mol. The van der Waals surface area contributed by atoms with Gasteiger partial charge in [-0.25, -0.2) is 9.59 Å². The highest BCUT2D eigenvalue weighted by molar-refractivity contribution is 9.10. The molecule has 1 aromatic carbocycles. The molecule has 24 heavy (non-hydrogen) atoms. The Balaban J connectivity index is 2.30. The number of hydrogen-bond acceptors (Lipinski definition) is 5. The zero-order valence-electron chi connectivity index (χ0n) is 13.4. The van der Waals surface area contributed by atoms with E-state index >= 15 is 0 Å². The average molecular weight is 393 g/mol. The van der Waals surface area contributed by atoms with E-state index in [0.717, 1.165) is 10.0 Å². The monoisotopic (exact) mass is 392 g/mol. The second kappa shape index (κ2) is 8.49. The Hall–Kier alpha value is -2.34. The fourth-order valence-electron chi connectivity index (χ4n) is 1.96. The van der Waals surface area contributed by atoms with E-state index in [1.807, 2.05) is 24.3 Å². The van der Waals surface area contributed by atoms with Crippen LogP contribution >= 0.6 is 15.9 Å². The maximum atomic E-state index is 11.9. The molecule has 2 aromatic rings. The SMILES string of the molecule is CCOC(=O)C(=Cc1ccc(-c2ccc(Br)cc2)o1)C(=O)OCC. The summed E-state index contributed by atoms with van der Waals surface area (Å²) in [5, 5.41) is 0. The van der Waals surface area contributed by atoms with Gasteiger partial charge in [0.2, 0.25) is 0 Å². The number of carbonyl (C=O) groups is 2. The number of ether oxygens (including phenoxy) is 2. The molecule has 2 rings (SSSR count). The van der Waals surface area contributed by atoms with Crippen LogP contribution in [0.25, 0.3) is 17.4 Å². The van der Waals surface area contributed by atoms with Crippen molar-refractivity contribution in [2.24, 2.45) is 0 Å². The van der Waals surface area contributed by atoms with E-state index in [9.17, 15) is 9.59 Å². The van der Waals surface area contributed by atoms with Gasteiger partial charge < -0.3 is 13.9 Å². The number of hydrogen-bond donors (Lipinski definition) is 0. The third-order valence-corrected chi connectivity index (χ3v) is 3.56. The number of furan rings is 1. The third kappa shape index (κ3) is 4.58. The molecule has 1 heterocycles. The van der Waals surface area contributed by atoms with Crippen molar-refractivity contribution in [3.63, 3.8) is 0 Å². The Bertz CT molecular complexity index is 723. The maximum Gasteiger partial charge on any atom is 0.345 e. The van der Waals surface area contributed by atoms with Crippen LogP contribution in [0.1, 0.15) is 19.6 Å². The highest BCUT2D eigenvalue weighted by Gasteiger charge is 2.21. The van der Waals surface area contributed by atoms with E-state index in [4.69, 9.17) is 13.9 Å². The third-order valence-electron chi connectivity index (χ3n) is 3.03. The lowest BCUT2D eigenvalue weighted by Crippen LogP contribution is -2.18. The minimum absolute atomic E-state index is 0.165. The van der Waals surface area contributed by atoms with Crippen LogP contribution in [0.3, 0.4) is 0 Å². The summed E-state index contributed by atoms with van der Waals surface area (Å²) >= 11 is 3.37. The van der Waals surface area contributed by atoms with Crippen molar-refractivity contribution in [3.8, 4) is 11.3 Å². The topological polar surface area (TPSA) is 65.7 Å². The molecule has 0 unspecified atom stereocenters. The molecule has 126 valence electrons. The van der Waals surface area contributed by atoms with Gasteiger partial charge in [-0.05, 0) is 38.1 Å². The number of halogens is 1. The van der Waals surface area contributed by atoms with Crippen molar-refractivity contribution in [1.29, 1.82) is 0 Å². The van der Waals surface area contributed by atoms with Crippen molar-refractivity contribution in [2.75, 3.05) is 13.2 Å². The summed E-state index contributed by atoms with van der Waals surface area (Å²) in [6.45, 7) is 3.66. The first-order valence-corrected chi connectivity index (χ1v) is 8.26. The fourth-order valence-corrected chi connectivity index (χ4v) is 2.23. The molecule has 0 aliphatic rings. The summed E-state index contributed by atoms with van der Waals surface area (Å²) in [6, 6.07) is 11.0. The van der Waals surface area contributed by atoms with Crippen LogP contribution in [-0.4, -0.2) is 25.2 Å². The summed E-state index contributed by atoms with van der Waals surface area (Å²) in [6.07, 6.45) is 1.33. The predicted octanol–water partition coefficient (Wildman–Crippen LogP) is 4.22. The number of benzene rings is 1. The summed E-state index contributed by atoms with van der Waals surface area (Å²) in [4.78, 5) is 23.9. The Kier molecular flexibility index (Phi) is 6.37. The van der Waals surface area contributed by atoms with E-state index in [1.165, 1.54) is 6.08 Å². The first kappa shape index (κ1) is 18.0. The van der Waals surface area contributed by atoms with Crippen molar-refractivity contribution in [2.45, 2.75) is 13.8 Å². The molecule has 6 heteroatoms. The van der Waals surface area contributed by atoms with E-state index in [2.05, 4.69) is 15.9 Å². The summed E-state index contributed by atoms with van der Waals surface area (Å²) in [7, 11) is 0. The molecular weight excluding hydrogens is 376 g/mol. The molecular formula is C18H17BrO5. The lowest BCUT2D eigenvalue weighted by atomic mass is 10.2. The number of carbonyl (C=O) groups excluding carboxylic acids is 2. The second-order valence-electron chi connectivity index (χ2n) is 4.71. The van der Waals surface area contributed by atoms with Crippen LogP contribution < -0.4 is 0 Å². The number of esters is 2. The Morgan fingerprint density at radius 1 is 1.00 bits per heavy atom. The first-order chi connectivity index (χ1) is 11.5. The zero-order chi connectivity index (χ0) is 17.5. The van der Waals surface area contributed by atoms with Gasteiger partial charge in [-0.15, -0.1) is 0 Å². The van der Waals surface area contributed by atoms with Gasteiger partial charge in [-0.2, -0.15) is 0 Å². The molecule has 0 saturated carbocycles. The lowest BCUT2D eigenvalue weighted by molar-refractivity contribution is -0.146.